The molecule has 1 amide bonds. The predicted octanol–water partition coefficient (Wildman–Crippen LogP) is 8.15. The molecular formula is C28H55NO4S. The molecular weight excluding hydrogens is 446 g/mol. The summed E-state index contributed by atoms with van der Waals surface area (Å²) in [5.74, 6) is -0.386. The summed E-state index contributed by atoms with van der Waals surface area (Å²) in [5, 5.41) is 2.73. The zero-order valence-corrected chi connectivity index (χ0v) is 23.0. The molecule has 0 unspecified atom stereocenters. The van der Waals surface area contributed by atoms with Crippen molar-refractivity contribution in [3.8, 4) is 0 Å². The van der Waals surface area contributed by atoms with Gasteiger partial charge in [0.2, 0.25) is 5.91 Å². The van der Waals surface area contributed by atoms with Gasteiger partial charge in [0, 0.05) is 6.54 Å². The molecule has 0 heterocycles. The SMILES string of the molecule is CCCCCCCCCCCCCCCCCCCCC/C=C/C(=O)NCCCCS(=O)(=O)O. The van der Waals surface area contributed by atoms with Crippen LogP contribution in [-0.4, -0.2) is 31.2 Å². The Balaban J connectivity index is 3.22. The summed E-state index contributed by atoms with van der Waals surface area (Å²) in [6.45, 7) is 2.71. The second-order valence-corrected chi connectivity index (χ2v) is 11.4. The van der Waals surface area contributed by atoms with E-state index in [1.807, 2.05) is 6.08 Å². The van der Waals surface area contributed by atoms with Gasteiger partial charge < -0.3 is 5.32 Å². The number of allylic oxidation sites excluding steroid dienone is 1. The summed E-state index contributed by atoms with van der Waals surface area (Å²) < 4.78 is 29.8. The van der Waals surface area contributed by atoms with Crippen LogP contribution in [0.25, 0.3) is 0 Å². The topological polar surface area (TPSA) is 83.5 Å². The molecule has 0 saturated heterocycles. The lowest BCUT2D eigenvalue weighted by Gasteiger charge is -2.04. The fourth-order valence-electron chi connectivity index (χ4n) is 4.21. The van der Waals surface area contributed by atoms with E-state index in [1.54, 1.807) is 6.08 Å². The van der Waals surface area contributed by atoms with Crippen LogP contribution in [0.5, 0.6) is 0 Å². The summed E-state index contributed by atoms with van der Waals surface area (Å²) >= 11 is 0. The molecule has 0 aliphatic rings. The number of carbonyl (C=O) groups excluding carboxylic acids is 1. The van der Waals surface area contributed by atoms with E-state index in [0.717, 1.165) is 12.8 Å². The standard InChI is InChI=1S/C28H55NO4S/c1-2-3-4-5-6-7-8-9-10-11-12-13-14-15-16-17-18-19-20-21-22-25-28(30)29-26-23-24-27-34(31,32)33/h22,25H,2-21,23-24,26-27H2,1H3,(H,29,30)(H,31,32,33)/b25-22+. The summed E-state index contributed by atoms with van der Waals surface area (Å²) in [6.07, 6.45) is 31.5. The van der Waals surface area contributed by atoms with E-state index < -0.39 is 10.1 Å². The third-order valence-electron chi connectivity index (χ3n) is 6.37. The largest absolute Gasteiger partial charge is 0.353 e. The minimum absolute atomic E-state index is 0.135. The Morgan fingerprint density at radius 3 is 1.47 bits per heavy atom. The van der Waals surface area contributed by atoms with Gasteiger partial charge in [0.05, 0.1) is 5.75 Å². The second-order valence-electron chi connectivity index (χ2n) is 9.84. The molecule has 34 heavy (non-hydrogen) atoms. The Labute approximate surface area is 211 Å². The smallest absolute Gasteiger partial charge is 0.264 e. The molecule has 0 aromatic rings. The number of hydrogen-bond donors (Lipinski definition) is 2. The van der Waals surface area contributed by atoms with Gasteiger partial charge in [-0.15, -0.1) is 0 Å². The van der Waals surface area contributed by atoms with Gasteiger partial charge >= 0.3 is 0 Å². The van der Waals surface area contributed by atoms with Gasteiger partial charge in [-0.1, -0.05) is 129 Å². The quantitative estimate of drug-likeness (QED) is 0.0711. The highest BCUT2D eigenvalue weighted by molar-refractivity contribution is 7.85. The molecule has 0 aliphatic carbocycles. The van der Waals surface area contributed by atoms with Gasteiger partial charge in [-0.25, -0.2) is 0 Å². The number of nitrogens with one attached hydrogen (secondary N) is 1. The van der Waals surface area contributed by atoms with Crippen molar-refractivity contribution in [3.05, 3.63) is 12.2 Å². The zero-order valence-electron chi connectivity index (χ0n) is 22.2. The van der Waals surface area contributed by atoms with Crippen LogP contribution < -0.4 is 5.32 Å². The van der Waals surface area contributed by atoms with Crippen LogP contribution in [-0.2, 0) is 14.9 Å². The van der Waals surface area contributed by atoms with Crippen molar-refractivity contribution < 1.29 is 17.8 Å². The predicted molar refractivity (Wildman–Crippen MR) is 146 cm³/mol. The normalized spacial score (nSPS) is 11.9. The molecule has 0 radical (unpaired) electrons. The summed E-state index contributed by atoms with van der Waals surface area (Å²) in [5.41, 5.74) is 0. The number of hydrogen-bond acceptors (Lipinski definition) is 3. The van der Waals surface area contributed by atoms with Gasteiger partial charge in [-0.05, 0) is 31.8 Å². The molecule has 6 heteroatoms. The van der Waals surface area contributed by atoms with Crippen LogP contribution in [0.1, 0.15) is 148 Å². The fourth-order valence-corrected chi connectivity index (χ4v) is 4.78. The lowest BCUT2D eigenvalue weighted by molar-refractivity contribution is -0.116. The number of rotatable bonds is 26. The van der Waals surface area contributed by atoms with E-state index in [9.17, 15) is 13.2 Å². The fraction of sp³-hybridized carbons (Fsp3) is 0.893. The third kappa shape index (κ3) is 29.2. The van der Waals surface area contributed by atoms with E-state index >= 15 is 0 Å². The molecule has 202 valence electrons. The Morgan fingerprint density at radius 2 is 1.06 bits per heavy atom. The van der Waals surface area contributed by atoms with Gasteiger partial charge in [-0.2, -0.15) is 8.42 Å². The zero-order chi connectivity index (χ0) is 25.2. The number of carbonyl (C=O) groups is 1. The Hall–Kier alpha value is -0.880. The summed E-state index contributed by atoms with van der Waals surface area (Å²) in [6, 6.07) is 0. The maximum absolute atomic E-state index is 11.6. The molecule has 0 spiro atoms. The molecule has 0 aromatic carbocycles. The van der Waals surface area contributed by atoms with Crippen molar-refractivity contribution in [1.82, 2.24) is 5.32 Å². The number of unbranched alkanes of at least 4 members (excludes halogenated alkanes) is 20. The first-order valence-corrected chi connectivity index (χ1v) is 16.0. The van der Waals surface area contributed by atoms with Gasteiger partial charge in [0.1, 0.15) is 0 Å². The highest BCUT2D eigenvalue weighted by atomic mass is 32.2. The maximum atomic E-state index is 11.6. The number of amides is 1. The van der Waals surface area contributed by atoms with E-state index in [4.69, 9.17) is 4.55 Å². The van der Waals surface area contributed by atoms with Crippen molar-refractivity contribution >= 4 is 16.0 Å². The monoisotopic (exact) mass is 501 g/mol. The molecule has 0 aliphatic heterocycles. The Bertz CT molecular complexity index is 575. The molecule has 5 nitrogen and oxygen atoms in total. The molecule has 0 rings (SSSR count). The van der Waals surface area contributed by atoms with E-state index in [1.165, 1.54) is 116 Å². The van der Waals surface area contributed by atoms with Gasteiger partial charge in [0.15, 0.2) is 0 Å². The van der Waals surface area contributed by atoms with Crippen LogP contribution in [0.4, 0.5) is 0 Å². The van der Waals surface area contributed by atoms with Crippen LogP contribution in [0.3, 0.4) is 0 Å². The summed E-state index contributed by atoms with van der Waals surface area (Å²) in [4.78, 5) is 11.6. The first kappa shape index (κ1) is 33.1. The highest BCUT2D eigenvalue weighted by Crippen LogP contribution is 2.14. The van der Waals surface area contributed by atoms with Crippen LogP contribution in [0.2, 0.25) is 0 Å². The Kier molecular flexibility index (Phi) is 24.6. The molecule has 0 bridgehead atoms. The van der Waals surface area contributed by atoms with Crippen LogP contribution in [0.15, 0.2) is 12.2 Å². The minimum atomic E-state index is -3.89. The Morgan fingerprint density at radius 1 is 0.647 bits per heavy atom. The van der Waals surface area contributed by atoms with Crippen molar-refractivity contribution in [2.75, 3.05) is 12.3 Å². The van der Waals surface area contributed by atoms with Crippen molar-refractivity contribution in [2.24, 2.45) is 0 Å². The van der Waals surface area contributed by atoms with Crippen molar-refractivity contribution in [2.45, 2.75) is 148 Å². The minimum Gasteiger partial charge on any atom is -0.353 e. The van der Waals surface area contributed by atoms with Crippen LogP contribution in [0, 0.1) is 0 Å². The molecule has 0 aromatic heterocycles. The first-order chi connectivity index (χ1) is 16.5. The average molecular weight is 502 g/mol. The van der Waals surface area contributed by atoms with E-state index in [-0.39, 0.29) is 11.7 Å². The van der Waals surface area contributed by atoms with E-state index in [2.05, 4.69) is 12.2 Å². The lowest BCUT2D eigenvalue weighted by Crippen LogP contribution is -2.22. The highest BCUT2D eigenvalue weighted by Gasteiger charge is 2.03. The molecule has 2 N–H and O–H groups in total. The van der Waals surface area contributed by atoms with Crippen molar-refractivity contribution in [1.29, 1.82) is 0 Å². The van der Waals surface area contributed by atoms with E-state index in [0.29, 0.717) is 19.4 Å². The van der Waals surface area contributed by atoms with Gasteiger partial charge in [0.25, 0.3) is 10.1 Å². The van der Waals surface area contributed by atoms with Gasteiger partial charge in [-0.3, -0.25) is 9.35 Å². The summed E-state index contributed by atoms with van der Waals surface area (Å²) in [7, 11) is -3.89. The van der Waals surface area contributed by atoms with Crippen LogP contribution >= 0.6 is 0 Å². The maximum Gasteiger partial charge on any atom is 0.264 e. The van der Waals surface area contributed by atoms with Crippen molar-refractivity contribution in [3.63, 3.8) is 0 Å². The third-order valence-corrected chi connectivity index (χ3v) is 7.18. The second kappa shape index (κ2) is 25.2. The lowest BCUT2D eigenvalue weighted by atomic mass is 10.0. The molecule has 0 atom stereocenters. The molecule has 0 saturated carbocycles. The molecule has 0 fully saturated rings. The average Bonchev–Trinajstić information content (AvgIpc) is 2.79. The first-order valence-electron chi connectivity index (χ1n) is 14.3.